The average Bonchev–Trinajstić information content (AvgIpc) is 3.39. The van der Waals surface area contributed by atoms with Gasteiger partial charge in [-0.15, -0.1) is 0 Å². The number of rotatable bonds is 16. The predicted octanol–water partition coefficient (Wildman–Crippen LogP) is 9.01. The van der Waals surface area contributed by atoms with Gasteiger partial charge in [-0.05, 0) is 108 Å². The van der Waals surface area contributed by atoms with Gasteiger partial charge >= 0.3 is 0 Å². The number of hydrogen-bond acceptors (Lipinski definition) is 8. The first kappa shape index (κ1) is 53.7. The van der Waals surface area contributed by atoms with Crippen LogP contribution >= 0.6 is 37.7 Å². The topological polar surface area (TPSA) is 163 Å². The van der Waals surface area contributed by atoms with E-state index in [0.29, 0.717) is 35.2 Å². The van der Waals surface area contributed by atoms with E-state index in [1.807, 2.05) is 60.7 Å². The van der Waals surface area contributed by atoms with E-state index in [9.17, 15) is 9.59 Å². The van der Waals surface area contributed by atoms with Crippen LogP contribution in [0.3, 0.4) is 0 Å². The van der Waals surface area contributed by atoms with Crippen molar-refractivity contribution in [2.24, 2.45) is 10.2 Å². The van der Waals surface area contributed by atoms with Crippen LogP contribution < -0.4 is 42.7 Å². The molecule has 0 atom stereocenters. The van der Waals surface area contributed by atoms with Crippen LogP contribution in [0.1, 0.15) is 24.0 Å². The molecule has 10 nitrogen and oxygen atoms in total. The highest BCUT2D eigenvalue weighted by Crippen LogP contribution is 2.56. The quantitative estimate of drug-likeness (QED) is 0.0323. The lowest BCUT2D eigenvalue weighted by Gasteiger charge is -2.27. The van der Waals surface area contributed by atoms with E-state index in [2.05, 4.69) is 167 Å². The molecule has 0 saturated heterocycles. The highest BCUT2D eigenvalue weighted by atomic mass is 35.5. The molecular weight excluding hydrogens is 990 g/mol. The number of halogens is 2. The third-order valence-corrected chi connectivity index (χ3v) is 20.4. The molecule has 15 heteroatoms. The Morgan fingerprint density at radius 1 is 0.408 bits per heavy atom. The van der Waals surface area contributed by atoms with Gasteiger partial charge in [0.1, 0.15) is 46.4 Å². The van der Waals surface area contributed by atoms with Gasteiger partial charge in [-0.25, -0.2) is 10.9 Å². The van der Waals surface area contributed by atoms with Crippen molar-refractivity contribution < 1.29 is 27.1 Å². The van der Waals surface area contributed by atoms with Crippen LogP contribution in [0.25, 0.3) is 0 Å². The van der Waals surface area contributed by atoms with E-state index in [1.54, 1.807) is 36.7 Å². The SMILES string of the molecule is O=C(CC[P+](c1ccccc1)(c1ccccc1)c1ccccc1)N/N=C/c1ccc(Cl)cc1.O=C(CC[P+](c1ccccc1)(c1ccccc1)c1ccccc1)N/N=C/c1ccc(Cl)cc1.O=S(=O)([O-])[O-]. The number of carbonyl (C=O) groups is 2. The van der Waals surface area contributed by atoms with Gasteiger partial charge in [0.2, 0.25) is 11.8 Å². The Kier molecular flexibility index (Phi) is 20.5. The lowest BCUT2D eigenvalue weighted by atomic mass is 10.2. The minimum absolute atomic E-state index is 0.104. The second-order valence-corrected chi connectivity index (χ2v) is 24.6. The van der Waals surface area contributed by atoms with E-state index < -0.39 is 24.9 Å². The minimum Gasteiger partial charge on any atom is -0.759 e. The first-order valence-electron chi connectivity index (χ1n) is 22.3. The van der Waals surface area contributed by atoms with Crippen LogP contribution in [-0.2, 0) is 20.0 Å². The van der Waals surface area contributed by atoms with Crippen LogP contribution in [0.15, 0.2) is 241 Å². The summed E-state index contributed by atoms with van der Waals surface area (Å²) in [5, 5.41) is 17.2. The van der Waals surface area contributed by atoms with Crippen LogP contribution in [0.2, 0.25) is 10.0 Å². The lowest BCUT2D eigenvalue weighted by Crippen LogP contribution is -2.35. The Labute approximate surface area is 426 Å². The predicted molar refractivity (Wildman–Crippen MR) is 294 cm³/mol. The number of carbonyl (C=O) groups excluding carboxylic acids is 2. The van der Waals surface area contributed by atoms with Gasteiger partial charge in [0.05, 0.1) is 37.6 Å². The molecule has 0 saturated carbocycles. The number of hydrogen-bond donors (Lipinski definition) is 2. The third-order valence-electron chi connectivity index (χ3n) is 11.1. The molecule has 0 radical (unpaired) electrons. The first-order valence-corrected chi connectivity index (χ1v) is 28.3. The molecule has 0 aliphatic rings. The zero-order chi connectivity index (χ0) is 50.4. The number of benzene rings is 8. The molecule has 0 unspecified atom stereocenters. The van der Waals surface area contributed by atoms with E-state index in [4.69, 9.17) is 40.7 Å². The molecule has 0 aromatic heterocycles. The zero-order valence-electron chi connectivity index (χ0n) is 38.3. The fraction of sp³-hybridized carbons (Fsp3) is 0.0714. The van der Waals surface area contributed by atoms with Gasteiger partial charge in [0, 0.05) is 20.4 Å². The summed E-state index contributed by atoms with van der Waals surface area (Å²) in [4.78, 5) is 25.6. The second kappa shape index (κ2) is 27.1. The number of nitrogens with zero attached hydrogens (tertiary/aromatic N) is 2. The summed E-state index contributed by atoms with van der Waals surface area (Å²) in [6.07, 6.45) is 5.42. The zero-order valence-corrected chi connectivity index (χ0v) is 42.4. The van der Waals surface area contributed by atoms with Gasteiger partial charge in [0.25, 0.3) is 0 Å². The molecule has 8 aromatic carbocycles. The van der Waals surface area contributed by atoms with Crippen molar-refractivity contribution in [1.29, 1.82) is 0 Å². The summed E-state index contributed by atoms with van der Waals surface area (Å²) in [6.45, 7) is 0. The molecule has 0 heterocycles. The molecule has 8 rings (SSSR count). The molecule has 8 aromatic rings. The van der Waals surface area contributed by atoms with E-state index in [0.717, 1.165) is 11.1 Å². The van der Waals surface area contributed by atoms with Gasteiger partial charge in [-0.1, -0.05) is 157 Å². The Hall–Kier alpha value is -6.65. The molecule has 71 heavy (non-hydrogen) atoms. The normalized spacial score (nSPS) is 11.4. The highest BCUT2D eigenvalue weighted by molar-refractivity contribution is 7.96. The maximum absolute atomic E-state index is 12.8. The molecule has 2 amide bonds. The molecule has 2 N–H and O–H groups in total. The standard InChI is InChI=1S/2C28H24ClN2OP.H2O4S/c2*29-24-18-16-23(17-19-24)22-30-31-28(32)20-21-33(25-10-4-1-5-11-25,26-12-6-2-7-13-26)27-14-8-3-9-15-27;1-5(2,3)4/h2*1-19,22H,20-21H2;(H2,1,2,3,4)/b2*30-22+;. The fourth-order valence-electron chi connectivity index (χ4n) is 7.87. The summed E-state index contributed by atoms with van der Waals surface area (Å²) >= 11 is 11.8. The van der Waals surface area contributed by atoms with Crippen LogP contribution in [0.4, 0.5) is 0 Å². The smallest absolute Gasteiger partial charge is 0.243 e. The fourth-order valence-corrected chi connectivity index (χ4v) is 16.6. The molecule has 0 bridgehead atoms. The average molecular weight is 1040 g/mol. The Morgan fingerprint density at radius 3 is 0.831 bits per heavy atom. The van der Waals surface area contributed by atoms with Gasteiger partial charge in [-0.3, -0.25) is 18.0 Å². The van der Waals surface area contributed by atoms with Crippen molar-refractivity contribution in [2.45, 2.75) is 12.8 Å². The van der Waals surface area contributed by atoms with Gasteiger partial charge < -0.3 is 9.11 Å². The van der Waals surface area contributed by atoms with Crippen molar-refractivity contribution >= 4 is 104 Å². The number of nitrogens with one attached hydrogen (secondary N) is 2. The monoisotopic (exact) mass is 1040 g/mol. The van der Waals surface area contributed by atoms with Gasteiger partial charge in [0.15, 0.2) is 0 Å². The maximum atomic E-state index is 12.8. The van der Waals surface area contributed by atoms with E-state index in [1.165, 1.54) is 31.8 Å². The minimum atomic E-state index is -5.17. The van der Waals surface area contributed by atoms with Crippen LogP contribution in [0.5, 0.6) is 0 Å². The Morgan fingerprint density at radius 2 is 0.620 bits per heavy atom. The van der Waals surface area contributed by atoms with Crippen molar-refractivity contribution in [3.8, 4) is 0 Å². The van der Waals surface area contributed by atoms with Crippen molar-refractivity contribution in [1.82, 2.24) is 10.9 Å². The Balaban J connectivity index is 0.000000212. The summed E-state index contributed by atoms with van der Waals surface area (Å²) in [7, 11) is -9.23. The van der Waals surface area contributed by atoms with Crippen LogP contribution in [-0.4, -0.2) is 54.1 Å². The maximum Gasteiger partial charge on any atom is 0.243 e. The van der Waals surface area contributed by atoms with Crippen molar-refractivity contribution in [2.75, 3.05) is 12.3 Å². The van der Waals surface area contributed by atoms with Crippen molar-refractivity contribution in [3.05, 3.63) is 252 Å². The molecule has 360 valence electrons. The molecular formula is C56H50Cl2N4O6P2S. The lowest BCUT2D eigenvalue weighted by molar-refractivity contribution is -0.121. The summed E-state index contributed by atoms with van der Waals surface area (Å²) in [6, 6.07) is 77.9. The summed E-state index contributed by atoms with van der Waals surface area (Å²) in [5.74, 6) is -0.209. The van der Waals surface area contributed by atoms with Gasteiger partial charge in [-0.2, -0.15) is 10.2 Å². The molecule has 0 fully saturated rings. The molecule has 0 spiro atoms. The highest BCUT2D eigenvalue weighted by Gasteiger charge is 2.46. The molecule has 0 aliphatic carbocycles. The van der Waals surface area contributed by atoms with E-state index in [-0.39, 0.29) is 11.8 Å². The number of amides is 2. The second-order valence-electron chi connectivity index (χ2n) is 15.7. The van der Waals surface area contributed by atoms with Crippen molar-refractivity contribution in [3.63, 3.8) is 0 Å². The summed E-state index contributed by atoms with van der Waals surface area (Å²) < 4.78 is 34.1. The van der Waals surface area contributed by atoms with E-state index >= 15 is 0 Å². The van der Waals surface area contributed by atoms with Crippen LogP contribution in [0, 0.1) is 0 Å². The number of hydrazone groups is 2. The first-order chi connectivity index (χ1) is 34.4. The Bertz CT molecular complexity index is 2660. The molecule has 0 aliphatic heterocycles. The third kappa shape index (κ3) is 16.2. The largest absolute Gasteiger partial charge is 0.759 e. The summed E-state index contributed by atoms with van der Waals surface area (Å²) in [5.41, 5.74) is 7.12.